The minimum atomic E-state index is -0.476. The van der Waals surface area contributed by atoms with Gasteiger partial charge < -0.3 is 15.4 Å². The molecular weight excluding hydrogens is 458 g/mol. The SMILES string of the molecule is CCn1nccc1CNC(=O)OC1CCc2c(sc(NC(=O)C=Cc3ccsc3)c2C#N)C1. The first-order chi connectivity index (χ1) is 16.1. The largest absolute Gasteiger partial charge is 0.446 e. The van der Waals surface area contributed by atoms with E-state index < -0.39 is 6.09 Å². The number of nitrogens with one attached hydrogen (secondary N) is 2. The van der Waals surface area contributed by atoms with Crippen molar-refractivity contribution in [2.24, 2.45) is 0 Å². The number of thiophene rings is 2. The number of carbonyl (C=O) groups is 2. The maximum Gasteiger partial charge on any atom is 0.407 e. The van der Waals surface area contributed by atoms with E-state index in [9.17, 15) is 14.9 Å². The van der Waals surface area contributed by atoms with Gasteiger partial charge in [-0.1, -0.05) is 0 Å². The van der Waals surface area contributed by atoms with Crippen molar-refractivity contribution in [2.75, 3.05) is 5.32 Å². The van der Waals surface area contributed by atoms with Gasteiger partial charge in [0, 0.05) is 30.1 Å². The number of anilines is 1. The number of aromatic nitrogens is 2. The Morgan fingerprint density at radius 3 is 3.06 bits per heavy atom. The number of carbonyl (C=O) groups excluding carboxylic acids is 2. The van der Waals surface area contributed by atoms with Crippen LogP contribution < -0.4 is 10.6 Å². The molecule has 1 atom stereocenters. The molecular formula is C23H23N5O3S2. The summed E-state index contributed by atoms with van der Waals surface area (Å²) in [5.74, 6) is -0.283. The maximum absolute atomic E-state index is 12.3. The molecule has 0 radical (unpaired) electrons. The van der Waals surface area contributed by atoms with Gasteiger partial charge in [-0.15, -0.1) is 11.3 Å². The van der Waals surface area contributed by atoms with E-state index in [1.165, 1.54) is 17.4 Å². The summed E-state index contributed by atoms with van der Waals surface area (Å²) in [6.45, 7) is 3.06. The Morgan fingerprint density at radius 1 is 1.42 bits per heavy atom. The van der Waals surface area contributed by atoms with Crippen molar-refractivity contribution in [3.05, 3.63) is 62.4 Å². The number of nitriles is 1. The highest BCUT2D eigenvalue weighted by molar-refractivity contribution is 7.16. The van der Waals surface area contributed by atoms with E-state index in [-0.39, 0.29) is 12.0 Å². The average Bonchev–Trinajstić information content (AvgIpc) is 3.55. The standard InChI is InChI=1S/C23H23N5O3S2/c1-2-28-16(7-9-26-28)13-25-23(30)31-17-4-5-18-19(12-24)22(33-20(18)11-17)27-21(29)6-3-15-8-10-32-14-15/h3,6-10,14,17H,2,4-5,11,13H2,1H3,(H,25,30)(H,27,29). The molecule has 2 amide bonds. The van der Waals surface area contributed by atoms with Gasteiger partial charge in [0.15, 0.2) is 0 Å². The summed E-state index contributed by atoms with van der Waals surface area (Å²) >= 11 is 2.94. The molecule has 10 heteroatoms. The summed E-state index contributed by atoms with van der Waals surface area (Å²) in [5.41, 5.74) is 3.30. The number of alkyl carbamates (subject to hydrolysis) is 1. The zero-order valence-electron chi connectivity index (χ0n) is 18.0. The number of fused-ring (bicyclic) bond motifs is 1. The molecule has 0 aliphatic heterocycles. The van der Waals surface area contributed by atoms with Gasteiger partial charge in [0.2, 0.25) is 5.91 Å². The molecule has 3 aromatic rings. The highest BCUT2D eigenvalue weighted by Crippen LogP contribution is 2.38. The van der Waals surface area contributed by atoms with Gasteiger partial charge in [-0.05, 0) is 59.9 Å². The van der Waals surface area contributed by atoms with Gasteiger partial charge in [-0.25, -0.2) is 4.79 Å². The zero-order valence-corrected chi connectivity index (χ0v) is 19.7. The number of nitrogens with zero attached hydrogens (tertiary/aromatic N) is 3. The third-order valence-electron chi connectivity index (χ3n) is 5.33. The second-order valence-corrected chi connectivity index (χ2v) is 9.35. The summed E-state index contributed by atoms with van der Waals surface area (Å²) in [7, 11) is 0. The molecule has 3 aromatic heterocycles. The summed E-state index contributed by atoms with van der Waals surface area (Å²) < 4.78 is 7.42. The second kappa shape index (κ2) is 10.5. The van der Waals surface area contributed by atoms with E-state index in [1.54, 1.807) is 23.6 Å². The highest BCUT2D eigenvalue weighted by atomic mass is 32.1. The van der Waals surface area contributed by atoms with Crippen LogP contribution in [0.2, 0.25) is 0 Å². The number of rotatable bonds is 7. The Kier molecular flexibility index (Phi) is 7.22. The lowest BCUT2D eigenvalue weighted by molar-refractivity contribution is -0.111. The van der Waals surface area contributed by atoms with Crippen LogP contribution in [0.25, 0.3) is 6.08 Å². The van der Waals surface area contributed by atoms with Gasteiger partial charge in [-0.2, -0.15) is 21.7 Å². The summed E-state index contributed by atoms with van der Waals surface area (Å²) in [4.78, 5) is 25.6. The maximum atomic E-state index is 12.3. The smallest absolute Gasteiger partial charge is 0.407 e. The van der Waals surface area contributed by atoms with Crippen molar-refractivity contribution in [3.8, 4) is 6.07 Å². The number of aryl methyl sites for hydroxylation is 1. The molecule has 0 saturated carbocycles. The Hall–Kier alpha value is -3.42. The van der Waals surface area contributed by atoms with Gasteiger partial charge in [0.05, 0.1) is 17.8 Å². The molecule has 0 fully saturated rings. The molecule has 4 rings (SSSR count). The van der Waals surface area contributed by atoms with E-state index in [2.05, 4.69) is 21.8 Å². The average molecular weight is 482 g/mol. The molecule has 3 heterocycles. The van der Waals surface area contributed by atoms with Crippen LogP contribution in [0.5, 0.6) is 0 Å². The number of hydrogen-bond donors (Lipinski definition) is 2. The number of hydrogen-bond acceptors (Lipinski definition) is 7. The van der Waals surface area contributed by atoms with E-state index in [4.69, 9.17) is 4.74 Å². The summed E-state index contributed by atoms with van der Waals surface area (Å²) in [6, 6.07) is 6.01. The molecule has 2 N–H and O–H groups in total. The first kappa shape index (κ1) is 22.8. The van der Waals surface area contributed by atoms with Crippen LogP contribution in [-0.4, -0.2) is 27.9 Å². The van der Waals surface area contributed by atoms with Crippen LogP contribution in [0, 0.1) is 11.3 Å². The Morgan fingerprint density at radius 2 is 2.30 bits per heavy atom. The first-order valence-corrected chi connectivity index (χ1v) is 12.3. The lowest BCUT2D eigenvalue weighted by Crippen LogP contribution is -2.32. The predicted molar refractivity (Wildman–Crippen MR) is 128 cm³/mol. The van der Waals surface area contributed by atoms with Crippen LogP contribution in [0.3, 0.4) is 0 Å². The Bertz CT molecular complexity index is 1200. The van der Waals surface area contributed by atoms with Crippen molar-refractivity contribution < 1.29 is 14.3 Å². The third kappa shape index (κ3) is 5.50. The Balaban J connectivity index is 1.35. The Labute approximate surface area is 199 Å². The summed E-state index contributed by atoms with van der Waals surface area (Å²) in [6.07, 6.45) is 5.92. The minimum Gasteiger partial charge on any atom is -0.446 e. The van der Waals surface area contributed by atoms with E-state index in [0.717, 1.165) is 28.2 Å². The number of ether oxygens (including phenoxy) is 1. The lowest BCUT2D eigenvalue weighted by Gasteiger charge is -2.22. The quantitative estimate of drug-likeness (QED) is 0.488. The van der Waals surface area contributed by atoms with Crippen LogP contribution in [0.4, 0.5) is 9.80 Å². The van der Waals surface area contributed by atoms with Crippen molar-refractivity contribution >= 4 is 45.8 Å². The van der Waals surface area contributed by atoms with Gasteiger partial charge in [0.1, 0.15) is 17.2 Å². The normalized spacial score (nSPS) is 15.1. The fourth-order valence-electron chi connectivity index (χ4n) is 3.71. The highest BCUT2D eigenvalue weighted by Gasteiger charge is 2.28. The molecule has 1 unspecified atom stereocenters. The van der Waals surface area contributed by atoms with Gasteiger partial charge in [-0.3, -0.25) is 9.48 Å². The topological polar surface area (TPSA) is 109 Å². The van der Waals surface area contributed by atoms with Crippen molar-refractivity contribution in [2.45, 2.75) is 45.4 Å². The van der Waals surface area contributed by atoms with Crippen molar-refractivity contribution in [3.63, 3.8) is 0 Å². The molecule has 170 valence electrons. The molecule has 1 aliphatic carbocycles. The molecule has 0 saturated heterocycles. The monoisotopic (exact) mass is 481 g/mol. The molecule has 0 bridgehead atoms. The van der Waals surface area contributed by atoms with Crippen LogP contribution in [0.1, 0.15) is 40.6 Å². The third-order valence-corrected chi connectivity index (χ3v) is 7.20. The lowest BCUT2D eigenvalue weighted by atomic mass is 9.94. The predicted octanol–water partition coefficient (Wildman–Crippen LogP) is 4.33. The van der Waals surface area contributed by atoms with Gasteiger partial charge in [0.25, 0.3) is 0 Å². The van der Waals surface area contributed by atoms with Crippen molar-refractivity contribution in [1.82, 2.24) is 15.1 Å². The van der Waals surface area contributed by atoms with Crippen molar-refractivity contribution in [1.29, 1.82) is 5.26 Å². The van der Waals surface area contributed by atoms with E-state index in [0.29, 0.717) is 36.4 Å². The number of amides is 2. The fraction of sp³-hybridized carbons (Fsp3) is 0.304. The molecule has 33 heavy (non-hydrogen) atoms. The van der Waals surface area contributed by atoms with Crippen LogP contribution >= 0.6 is 22.7 Å². The molecule has 0 spiro atoms. The first-order valence-electron chi connectivity index (χ1n) is 10.6. The van der Waals surface area contributed by atoms with Crippen LogP contribution in [0.15, 0.2) is 35.2 Å². The van der Waals surface area contributed by atoms with E-state index in [1.807, 2.05) is 34.5 Å². The minimum absolute atomic E-state index is 0.277. The summed E-state index contributed by atoms with van der Waals surface area (Å²) in [5, 5.41) is 23.9. The molecule has 0 aromatic carbocycles. The van der Waals surface area contributed by atoms with Gasteiger partial charge >= 0.3 is 6.09 Å². The fourth-order valence-corrected chi connectivity index (χ4v) is 5.60. The molecule has 8 nitrogen and oxygen atoms in total. The van der Waals surface area contributed by atoms with Crippen LogP contribution in [-0.2, 0) is 35.5 Å². The zero-order chi connectivity index (χ0) is 23.2. The van der Waals surface area contributed by atoms with E-state index >= 15 is 0 Å². The second-order valence-electron chi connectivity index (χ2n) is 7.46. The molecule has 1 aliphatic rings.